The van der Waals surface area contributed by atoms with Crippen LogP contribution in [0.2, 0.25) is 5.02 Å². The van der Waals surface area contributed by atoms with Gasteiger partial charge < -0.3 is 10.6 Å². The van der Waals surface area contributed by atoms with Crippen molar-refractivity contribution >= 4 is 40.4 Å². The van der Waals surface area contributed by atoms with Gasteiger partial charge in [-0.15, -0.1) is 11.3 Å². The zero-order valence-electron chi connectivity index (χ0n) is 13.1. The van der Waals surface area contributed by atoms with E-state index in [2.05, 4.69) is 15.6 Å². The molecule has 23 heavy (non-hydrogen) atoms. The van der Waals surface area contributed by atoms with Crippen LogP contribution in [-0.4, -0.2) is 22.8 Å². The van der Waals surface area contributed by atoms with Gasteiger partial charge in [0, 0.05) is 16.4 Å². The Morgan fingerprint density at radius 2 is 2.09 bits per heavy atom. The van der Waals surface area contributed by atoms with Crippen molar-refractivity contribution in [3.8, 4) is 0 Å². The molecular weight excluding hydrogens is 334 g/mol. The van der Waals surface area contributed by atoms with Gasteiger partial charge in [-0.25, -0.2) is 4.98 Å². The van der Waals surface area contributed by atoms with E-state index in [0.29, 0.717) is 22.0 Å². The Labute approximate surface area is 144 Å². The van der Waals surface area contributed by atoms with Gasteiger partial charge in [0.2, 0.25) is 5.91 Å². The largest absolute Gasteiger partial charge is 0.350 e. The molecular formula is C16H18ClN3O2S. The van der Waals surface area contributed by atoms with Gasteiger partial charge in [-0.05, 0) is 39.0 Å². The second-order valence-corrected chi connectivity index (χ2v) is 6.90. The van der Waals surface area contributed by atoms with Crippen molar-refractivity contribution in [1.82, 2.24) is 10.3 Å². The third kappa shape index (κ3) is 5.04. The molecule has 0 atom stereocenters. The predicted octanol–water partition coefficient (Wildman–Crippen LogP) is 3.42. The molecule has 1 aromatic carbocycles. The Morgan fingerprint density at radius 3 is 2.70 bits per heavy atom. The maximum atomic E-state index is 12.2. The molecule has 1 aromatic heterocycles. The van der Waals surface area contributed by atoms with Crippen molar-refractivity contribution in [1.29, 1.82) is 0 Å². The van der Waals surface area contributed by atoms with Crippen LogP contribution in [0.4, 0.5) is 5.69 Å². The van der Waals surface area contributed by atoms with Crippen molar-refractivity contribution in [3.05, 3.63) is 44.9 Å². The zero-order valence-corrected chi connectivity index (χ0v) is 14.7. The van der Waals surface area contributed by atoms with Gasteiger partial charge in [-0.3, -0.25) is 9.59 Å². The third-order valence-electron chi connectivity index (χ3n) is 2.93. The zero-order chi connectivity index (χ0) is 17.0. The average Bonchev–Trinajstić information content (AvgIpc) is 2.83. The monoisotopic (exact) mass is 351 g/mol. The van der Waals surface area contributed by atoms with E-state index < -0.39 is 0 Å². The van der Waals surface area contributed by atoms with Crippen LogP contribution < -0.4 is 10.6 Å². The lowest BCUT2D eigenvalue weighted by atomic mass is 10.1. The number of aryl methyl sites for hydroxylation is 1. The Morgan fingerprint density at radius 1 is 1.35 bits per heavy atom. The normalized spacial score (nSPS) is 10.7. The molecule has 2 N–H and O–H groups in total. The first-order valence-electron chi connectivity index (χ1n) is 7.16. The number of thiazole rings is 1. The molecule has 0 radical (unpaired) electrons. The summed E-state index contributed by atoms with van der Waals surface area (Å²) in [6.07, 6.45) is 0.155. The molecule has 122 valence electrons. The van der Waals surface area contributed by atoms with Gasteiger partial charge in [0.15, 0.2) is 0 Å². The van der Waals surface area contributed by atoms with Crippen molar-refractivity contribution in [2.75, 3.05) is 5.32 Å². The first-order chi connectivity index (χ1) is 10.8. The van der Waals surface area contributed by atoms with Gasteiger partial charge in [0.05, 0.1) is 28.4 Å². The molecule has 2 rings (SSSR count). The fraction of sp³-hybridized carbons (Fsp3) is 0.312. The predicted molar refractivity (Wildman–Crippen MR) is 93.2 cm³/mol. The first kappa shape index (κ1) is 17.4. The Hall–Kier alpha value is -1.92. The summed E-state index contributed by atoms with van der Waals surface area (Å²) >= 11 is 7.47. The van der Waals surface area contributed by atoms with Crippen LogP contribution in [0.15, 0.2) is 23.6 Å². The van der Waals surface area contributed by atoms with E-state index in [4.69, 9.17) is 11.6 Å². The molecule has 2 aromatic rings. The lowest BCUT2D eigenvalue weighted by Crippen LogP contribution is -2.31. The molecule has 5 nitrogen and oxygen atoms in total. The number of benzene rings is 1. The Balaban J connectivity index is 2.15. The van der Waals surface area contributed by atoms with Crippen LogP contribution in [0.1, 0.15) is 34.9 Å². The highest BCUT2D eigenvalue weighted by Crippen LogP contribution is 2.22. The highest BCUT2D eigenvalue weighted by atomic mass is 35.5. The van der Waals surface area contributed by atoms with E-state index in [0.717, 1.165) is 5.01 Å². The molecule has 2 amide bonds. The number of carbonyl (C=O) groups excluding carboxylic acids is 2. The van der Waals surface area contributed by atoms with Gasteiger partial charge in [-0.1, -0.05) is 11.6 Å². The van der Waals surface area contributed by atoms with Crippen LogP contribution in [0.25, 0.3) is 0 Å². The molecule has 0 fully saturated rings. The standard InChI is InChI=1S/C16H18ClN3O2S/c1-9(2)18-16(22)13-5-4-11(17)6-14(13)20-15(21)7-12-8-23-10(3)19-12/h4-6,8-9H,7H2,1-3H3,(H,18,22)(H,20,21). The fourth-order valence-corrected chi connectivity index (χ4v) is 2.79. The van der Waals surface area contributed by atoms with E-state index in [-0.39, 0.29) is 24.3 Å². The van der Waals surface area contributed by atoms with E-state index in [1.165, 1.54) is 11.3 Å². The van der Waals surface area contributed by atoms with Gasteiger partial charge >= 0.3 is 0 Å². The highest BCUT2D eigenvalue weighted by Gasteiger charge is 2.15. The van der Waals surface area contributed by atoms with Gasteiger partial charge in [0.25, 0.3) is 5.91 Å². The number of nitrogens with zero attached hydrogens (tertiary/aromatic N) is 1. The maximum Gasteiger partial charge on any atom is 0.253 e. The van der Waals surface area contributed by atoms with E-state index in [1.54, 1.807) is 18.2 Å². The average molecular weight is 352 g/mol. The summed E-state index contributed by atoms with van der Waals surface area (Å²) in [5.74, 6) is -0.493. The number of halogens is 1. The fourth-order valence-electron chi connectivity index (χ4n) is 2.01. The Kier molecular flexibility index (Phi) is 5.74. The van der Waals surface area contributed by atoms with E-state index in [1.807, 2.05) is 26.2 Å². The molecule has 0 bridgehead atoms. The number of rotatable bonds is 5. The van der Waals surface area contributed by atoms with Gasteiger partial charge in [-0.2, -0.15) is 0 Å². The second-order valence-electron chi connectivity index (χ2n) is 5.40. The number of aromatic nitrogens is 1. The van der Waals surface area contributed by atoms with Crippen molar-refractivity contribution < 1.29 is 9.59 Å². The third-order valence-corrected chi connectivity index (χ3v) is 3.99. The van der Waals surface area contributed by atoms with Crippen LogP contribution in [0.5, 0.6) is 0 Å². The van der Waals surface area contributed by atoms with Crippen LogP contribution in [0, 0.1) is 6.92 Å². The lowest BCUT2D eigenvalue weighted by molar-refractivity contribution is -0.115. The van der Waals surface area contributed by atoms with E-state index >= 15 is 0 Å². The number of anilines is 1. The highest BCUT2D eigenvalue weighted by molar-refractivity contribution is 7.09. The molecule has 0 spiro atoms. The number of hydrogen-bond donors (Lipinski definition) is 2. The Bertz CT molecular complexity index is 728. The summed E-state index contributed by atoms with van der Waals surface area (Å²) < 4.78 is 0. The molecule has 7 heteroatoms. The number of amides is 2. The topological polar surface area (TPSA) is 71.1 Å². The molecule has 0 aliphatic heterocycles. The molecule has 0 aliphatic carbocycles. The lowest BCUT2D eigenvalue weighted by Gasteiger charge is -2.13. The van der Waals surface area contributed by atoms with Crippen LogP contribution in [0.3, 0.4) is 0 Å². The number of carbonyl (C=O) groups is 2. The summed E-state index contributed by atoms with van der Waals surface area (Å²) in [6.45, 7) is 5.63. The summed E-state index contributed by atoms with van der Waals surface area (Å²) in [7, 11) is 0. The summed E-state index contributed by atoms with van der Waals surface area (Å²) in [5, 5.41) is 8.75. The molecule has 0 unspecified atom stereocenters. The van der Waals surface area contributed by atoms with E-state index in [9.17, 15) is 9.59 Å². The first-order valence-corrected chi connectivity index (χ1v) is 8.42. The summed E-state index contributed by atoms with van der Waals surface area (Å²) in [5.41, 5.74) is 1.48. The van der Waals surface area contributed by atoms with Gasteiger partial charge in [0.1, 0.15) is 0 Å². The minimum Gasteiger partial charge on any atom is -0.350 e. The minimum atomic E-state index is -0.253. The molecule has 0 saturated carbocycles. The van der Waals surface area contributed by atoms with Crippen LogP contribution in [-0.2, 0) is 11.2 Å². The van der Waals surface area contributed by atoms with Crippen LogP contribution >= 0.6 is 22.9 Å². The summed E-state index contributed by atoms with van der Waals surface area (Å²) in [6, 6.07) is 4.79. The molecule has 0 aliphatic rings. The minimum absolute atomic E-state index is 0.000267. The van der Waals surface area contributed by atoms with Crippen molar-refractivity contribution in [2.24, 2.45) is 0 Å². The SMILES string of the molecule is Cc1nc(CC(=O)Nc2cc(Cl)ccc2C(=O)NC(C)C)cs1. The number of nitrogens with one attached hydrogen (secondary N) is 2. The maximum absolute atomic E-state index is 12.2. The smallest absolute Gasteiger partial charge is 0.253 e. The van der Waals surface area contributed by atoms with Crippen molar-refractivity contribution in [3.63, 3.8) is 0 Å². The quantitative estimate of drug-likeness (QED) is 0.867. The number of hydrogen-bond acceptors (Lipinski definition) is 4. The molecule has 0 saturated heterocycles. The second kappa shape index (κ2) is 7.57. The molecule has 1 heterocycles. The summed E-state index contributed by atoms with van der Waals surface area (Å²) in [4.78, 5) is 28.7. The van der Waals surface area contributed by atoms with Crippen molar-refractivity contribution in [2.45, 2.75) is 33.2 Å².